The molecule has 0 bridgehead atoms. The minimum Gasteiger partial charge on any atom is -0.503 e. The number of nitrogens with zero attached hydrogens (tertiary/aromatic N) is 1. The first-order valence-corrected chi connectivity index (χ1v) is 6.46. The van der Waals surface area contributed by atoms with Crippen molar-refractivity contribution in [1.82, 2.24) is 4.90 Å². The number of hydrogen-bond acceptors (Lipinski definition) is 3. The Morgan fingerprint density at radius 1 is 1.45 bits per heavy atom. The van der Waals surface area contributed by atoms with E-state index in [1.165, 1.54) is 14.2 Å². The van der Waals surface area contributed by atoms with Crippen molar-refractivity contribution in [2.24, 2.45) is 0 Å². The van der Waals surface area contributed by atoms with Crippen molar-refractivity contribution < 1.29 is 27.8 Å². The lowest BCUT2D eigenvalue weighted by molar-refractivity contribution is 0.0777. The van der Waals surface area contributed by atoms with Crippen LogP contribution < -0.4 is 0 Å². The first kappa shape index (κ1) is 16.8. The van der Waals surface area contributed by atoms with E-state index in [4.69, 9.17) is 9.84 Å². The van der Waals surface area contributed by atoms with Crippen LogP contribution >= 0.6 is 15.9 Å². The van der Waals surface area contributed by atoms with Crippen LogP contribution in [0.15, 0.2) is 6.07 Å². The maximum absolute atomic E-state index is 13.6. The summed E-state index contributed by atoms with van der Waals surface area (Å²) in [5, 5.41) is 9.07. The van der Waals surface area contributed by atoms with Crippen LogP contribution in [0.4, 0.5) is 13.2 Å². The number of halogens is 4. The normalized spacial score (nSPS) is 12.3. The van der Waals surface area contributed by atoms with Crippen molar-refractivity contribution in [1.29, 1.82) is 0 Å². The van der Waals surface area contributed by atoms with Crippen LogP contribution in [0.5, 0.6) is 5.75 Å². The van der Waals surface area contributed by atoms with Gasteiger partial charge in [-0.25, -0.2) is 8.78 Å². The molecule has 1 aromatic rings. The first-order valence-electron chi connectivity index (χ1n) is 5.54. The highest BCUT2D eigenvalue weighted by Crippen LogP contribution is 2.26. The van der Waals surface area contributed by atoms with Gasteiger partial charge in [-0.15, -0.1) is 0 Å². The van der Waals surface area contributed by atoms with Crippen molar-refractivity contribution in [3.05, 3.63) is 29.1 Å². The first-order chi connectivity index (χ1) is 9.29. The van der Waals surface area contributed by atoms with Gasteiger partial charge in [0.2, 0.25) is 5.82 Å². The summed E-state index contributed by atoms with van der Waals surface area (Å²) in [5.41, 5.74) is -0.735. The number of ether oxygens (including phenoxy) is 1. The highest BCUT2D eigenvalue weighted by atomic mass is 79.9. The summed E-state index contributed by atoms with van der Waals surface area (Å²) in [4.78, 5) is 12.8. The van der Waals surface area contributed by atoms with Gasteiger partial charge in [0, 0.05) is 20.7 Å². The number of methoxy groups -OCH3 is 1. The second-order valence-corrected chi connectivity index (χ2v) is 5.42. The molecule has 0 radical (unpaired) electrons. The number of hydrogen-bond donors (Lipinski definition) is 1. The third kappa shape index (κ3) is 3.63. The standard InChI is InChI=1S/C12H13BrF3NO3/c1-17(4-6(13)5-20-2)12(19)7-3-8(14)10(16)11(18)9(7)15/h3,6,18H,4-5H2,1-2H3. The lowest BCUT2D eigenvalue weighted by Gasteiger charge is -2.20. The fourth-order valence-electron chi connectivity index (χ4n) is 1.57. The average Bonchev–Trinajstić information content (AvgIpc) is 2.39. The summed E-state index contributed by atoms with van der Waals surface area (Å²) in [5.74, 6) is -7.09. The van der Waals surface area contributed by atoms with Crippen LogP contribution in [0.25, 0.3) is 0 Å². The van der Waals surface area contributed by atoms with E-state index in [0.29, 0.717) is 12.7 Å². The Kier molecular flexibility index (Phi) is 5.82. The van der Waals surface area contributed by atoms with E-state index in [1.807, 2.05) is 0 Å². The molecule has 112 valence electrons. The summed E-state index contributed by atoms with van der Waals surface area (Å²) >= 11 is 3.24. The zero-order valence-electron chi connectivity index (χ0n) is 10.8. The van der Waals surface area contributed by atoms with E-state index in [1.54, 1.807) is 0 Å². The van der Waals surface area contributed by atoms with Crippen molar-refractivity contribution >= 4 is 21.8 Å². The van der Waals surface area contributed by atoms with E-state index in [9.17, 15) is 18.0 Å². The van der Waals surface area contributed by atoms with Crippen LogP contribution in [0.2, 0.25) is 0 Å². The fraction of sp³-hybridized carbons (Fsp3) is 0.417. The van der Waals surface area contributed by atoms with E-state index >= 15 is 0 Å². The smallest absolute Gasteiger partial charge is 0.256 e. The molecule has 1 N–H and O–H groups in total. The molecule has 0 saturated carbocycles. The molecule has 0 aliphatic carbocycles. The van der Waals surface area contributed by atoms with Gasteiger partial charge in [-0.05, 0) is 6.07 Å². The highest BCUT2D eigenvalue weighted by Gasteiger charge is 2.25. The maximum atomic E-state index is 13.6. The zero-order valence-corrected chi connectivity index (χ0v) is 12.4. The predicted octanol–water partition coefficient (Wildman–Crippen LogP) is 2.29. The number of carbonyl (C=O) groups excluding carboxylic acids is 1. The molecule has 8 heteroatoms. The molecular formula is C12H13BrF3NO3. The monoisotopic (exact) mass is 355 g/mol. The topological polar surface area (TPSA) is 49.8 Å². The van der Waals surface area contributed by atoms with E-state index in [0.717, 1.165) is 4.90 Å². The second kappa shape index (κ2) is 6.94. The number of aromatic hydroxyl groups is 1. The predicted molar refractivity (Wildman–Crippen MR) is 69.5 cm³/mol. The highest BCUT2D eigenvalue weighted by molar-refractivity contribution is 9.09. The minimum atomic E-state index is -1.72. The lowest BCUT2D eigenvalue weighted by atomic mass is 10.1. The molecule has 0 aliphatic heterocycles. The molecule has 0 aliphatic rings. The Morgan fingerprint density at radius 2 is 2.05 bits per heavy atom. The van der Waals surface area contributed by atoms with Crippen LogP contribution in [0, 0.1) is 17.5 Å². The number of amides is 1. The van der Waals surface area contributed by atoms with E-state index in [-0.39, 0.29) is 11.4 Å². The second-order valence-electron chi connectivity index (χ2n) is 4.12. The number of rotatable bonds is 5. The van der Waals surface area contributed by atoms with Crippen LogP contribution in [0.3, 0.4) is 0 Å². The summed E-state index contributed by atoms with van der Waals surface area (Å²) in [6.45, 7) is 0.467. The van der Waals surface area contributed by atoms with Crippen molar-refractivity contribution in [2.75, 3.05) is 27.3 Å². The van der Waals surface area contributed by atoms with Crippen molar-refractivity contribution in [3.8, 4) is 5.75 Å². The Bertz CT molecular complexity index is 513. The Labute approximate surface area is 122 Å². The summed E-state index contributed by atoms with van der Waals surface area (Å²) in [6, 6.07) is 0.419. The molecule has 0 spiro atoms. The quantitative estimate of drug-likeness (QED) is 0.651. The summed E-state index contributed by atoms with van der Waals surface area (Å²) in [6.07, 6.45) is 0. The maximum Gasteiger partial charge on any atom is 0.256 e. The van der Waals surface area contributed by atoms with Crippen LogP contribution in [-0.2, 0) is 4.74 Å². The molecule has 0 saturated heterocycles. The Balaban J connectivity index is 2.98. The van der Waals surface area contributed by atoms with Gasteiger partial charge < -0.3 is 14.7 Å². The van der Waals surface area contributed by atoms with E-state index < -0.39 is 34.7 Å². The van der Waals surface area contributed by atoms with Gasteiger partial charge in [-0.2, -0.15) is 4.39 Å². The third-order valence-electron chi connectivity index (χ3n) is 2.53. The average molecular weight is 356 g/mol. The number of phenolic OH excluding ortho intramolecular Hbond substituents is 1. The largest absolute Gasteiger partial charge is 0.503 e. The van der Waals surface area contributed by atoms with Crippen molar-refractivity contribution in [3.63, 3.8) is 0 Å². The zero-order chi connectivity index (χ0) is 15.4. The number of alkyl halides is 1. The minimum absolute atomic E-state index is 0.159. The Hall–Kier alpha value is -1.28. The Morgan fingerprint density at radius 3 is 2.60 bits per heavy atom. The van der Waals surface area contributed by atoms with Gasteiger partial charge in [0.1, 0.15) is 0 Å². The molecule has 0 fully saturated rings. The lowest BCUT2D eigenvalue weighted by Crippen LogP contribution is -2.34. The van der Waals surface area contributed by atoms with Crippen LogP contribution in [0.1, 0.15) is 10.4 Å². The third-order valence-corrected chi connectivity index (χ3v) is 3.08. The van der Waals surface area contributed by atoms with Gasteiger partial charge in [-0.3, -0.25) is 4.79 Å². The molecule has 1 rings (SSSR count). The molecule has 4 nitrogen and oxygen atoms in total. The van der Waals surface area contributed by atoms with Crippen molar-refractivity contribution in [2.45, 2.75) is 4.83 Å². The number of benzene rings is 1. The van der Waals surface area contributed by atoms with Crippen LogP contribution in [-0.4, -0.2) is 48.0 Å². The molecule has 0 aromatic heterocycles. The molecule has 1 amide bonds. The van der Waals surface area contributed by atoms with Gasteiger partial charge in [0.25, 0.3) is 5.91 Å². The van der Waals surface area contributed by atoms with Gasteiger partial charge in [0.15, 0.2) is 17.4 Å². The number of phenols is 1. The van der Waals surface area contributed by atoms with Gasteiger partial charge in [-0.1, -0.05) is 15.9 Å². The summed E-state index contributed by atoms with van der Waals surface area (Å²) < 4.78 is 44.5. The molecule has 1 unspecified atom stereocenters. The molecule has 1 aromatic carbocycles. The number of carbonyl (C=O) groups is 1. The molecule has 20 heavy (non-hydrogen) atoms. The van der Waals surface area contributed by atoms with Gasteiger partial charge in [0.05, 0.1) is 17.0 Å². The van der Waals surface area contributed by atoms with E-state index in [2.05, 4.69) is 15.9 Å². The fourth-order valence-corrected chi connectivity index (χ4v) is 2.26. The molecule has 1 atom stereocenters. The SMILES string of the molecule is COCC(Br)CN(C)C(=O)c1cc(F)c(F)c(O)c1F. The summed E-state index contributed by atoms with van der Waals surface area (Å²) in [7, 11) is 2.84. The molecule has 0 heterocycles. The van der Waals surface area contributed by atoms with Gasteiger partial charge >= 0.3 is 0 Å². The molecular weight excluding hydrogens is 343 g/mol.